The minimum atomic E-state index is -0.222. The Balaban J connectivity index is 1.63. The molecule has 0 atom stereocenters. The second kappa shape index (κ2) is 11.7. The van der Waals surface area contributed by atoms with Crippen LogP contribution in [-0.4, -0.2) is 21.0 Å². The van der Waals surface area contributed by atoms with Crippen molar-refractivity contribution < 1.29 is 4.39 Å². The number of benzene rings is 2. The molecule has 4 nitrogen and oxygen atoms in total. The Hall–Kier alpha value is -2.66. The first-order valence-corrected chi connectivity index (χ1v) is 12.9. The van der Waals surface area contributed by atoms with Crippen LogP contribution in [0.1, 0.15) is 68.7 Å². The van der Waals surface area contributed by atoms with Crippen LogP contribution >= 0.6 is 0 Å². The summed E-state index contributed by atoms with van der Waals surface area (Å²) < 4.78 is 16.3. The minimum Gasteiger partial charge on any atom is -0.399 e. The monoisotopic (exact) mass is 462 g/mol. The zero-order chi connectivity index (χ0) is 23.9. The van der Waals surface area contributed by atoms with Gasteiger partial charge in [0.2, 0.25) is 0 Å². The summed E-state index contributed by atoms with van der Waals surface area (Å²) in [4.78, 5) is 7.34. The maximum absolute atomic E-state index is 14.0. The van der Waals surface area contributed by atoms with Gasteiger partial charge in [0.05, 0.1) is 11.9 Å². The van der Waals surface area contributed by atoms with Gasteiger partial charge in [0.15, 0.2) is 0 Å². The molecule has 0 amide bonds. The molecule has 1 saturated carbocycles. The summed E-state index contributed by atoms with van der Waals surface area (Å²) in [6.07, 6.45) is 10.9. The standard InChI is InChI=1S/C29H39FN4/c1-3-4-16-34-27(18-32-29(34)24-12-8-14-26(30)17-24)21-33(19-23-10-6-5-7-11-23)20-25-13-9-15-28(31)22(25)2/h8-9,12-15,17-18,23H,3-7,10-11,16,19-21,31H2,1-2H3. The third-order valence-corrected chi connectivity index (χ3v) is 7.26. The molecule has 0 spiro atoms. The molecule has 0 bridgehead atoms. The molecule has 2 aromatic carbocycles. The van der Waals surface area contributed by atoms with Crippen molar-refractivity contribution in [2.45, 2.75) is 78.4 Å². The molecular weight excluding hydrogens is 423 g/mol. The Morgan fingerprint density at radius 2 is 1.88 bits per heavy atom. The van der Waals surface area contributed by atoms with Gasteiger partial charge in [-0.2, -0.15) is 0 Å². The average Bonchev–Trinajstić information content (AvgIpc) is 3.23. The molecule has 0 radical (unpaired) electrons. The van der Waals surface area contributed by atoms with E-state index in [1.807, 2.05) is 18.3 Å². The fraction of sp³-hybridized carbons (Fsp3) is 0.483. The van der Waals surface area contributed by atoms with Crippen molar-refractivity contribution >= 4 is 5.69 Å². The Morgan fingerprint density at radius 1 is 1.09 bits per heavy atom. The van der Waals surface area contributed by atoms with E-state index >= 15 is 0 Å². The van der Waals surface area contributed by atoms with Gasteiger partial charge in [0, 0.05) is 37.4 Å². The first-order chi connectivity index (χ1) is 16.5. The van der Waals surface area contributed by atoms with Gasteiger partial charge in [0.25, 0.3) is 0 Å². The lowest BCUT2D eigenvalue weighted by atomic mass is 9.88. The fourth-order valence-electron chi connectivity index (χ4n) is 5.23. The van der Waals surface area contributed by atoms with Gasteiger partial charge in [-0.05, 0) is 61.4 Å². The molecule has 182 valence electrons. The smallest absolute Gasteiger partial charge is 0.140 e. The van der Waals surface area contributed by atoms with Gasteiger partial charge in [-0.15, -0.1) is 0 Å². The normalized spacial score (nSPS) is 14.7. The molecule has 3 aromatic rings. The Morgan fingerprint density at radius 3 is 2.65 bits per heavy atom. The summed E-state index contributed by atoms with van der Waals surface area (Å²) in [7, 11) is 0. The molecule has 1 aromatic heterocycles. The number of anilines is 1. The summed E-state index contributed by atoms with van der Waals surface area (Å²) in [6, 6.07) is 13.0. The van der Waals surface area contributed by atoms with Gasteiger partial charge in [0.1, 0.15) is 11.6 Å². The number of nitrogens with two attached hydrogens (primary N) is 1. The lowest BCUT2D eigenvalue weighted by molar-refractivity contribution is 0.183. The predicted molar refractivity (Wildman–Crippen MR) is 139 cm³/mol. The molecule has 1 heterocycles. The molecule has 5 heteroatoms. The number of hydrogen-bond acceptors (Lipinski definition) is 3. The highest BCUT2D eigenvalue weighted by molar-refractivity contribution is 5.56. The number of unbranched alkanes of at least 4 members (excludes halogenated alkanes) is 1. The van der Waals surface area contributed by atoms with E-state index in [-0.39, 0.29) is 5.82 Å². The van der Waals surface area contributed by atoms with Crippen molar-refractivity contribution in [1.82, 2.24) is 14.5 Å². The molecular formula is C29H39FN4. The Kier molecular flexibility index (Phi) is 8.39. The van der Waals surface area contributed by atoms with Gasteiger partial charge >= 0.3 is 0 Å². The van der Waals surface area contributed by atoms with E-state index in [9.17, 15) is 4.39 Å². The lowest BCUT2D eigenvalue weighted by Gasteiger charge is -2.30. The average molecular weight is 463 g/mol. The minimum absolute atomic E-state index is 0.222. The molecule has 0 aliphatic heterocycles. The van der Waals surface area contributed by atoms with Gasteiger partial charge in [-0.1, -0.05) is 56.9 Å². The van der Waals surface area contributed by atoms with E-state index < -0.39 is 0 Å². The third-order valence-electron chi connectivity index (χ3n) is 7.26. The molecule has 34 heavy (non-hydrogen) atoms. The summed E-state index contributed by atoms with van der Waals surface area (Å²) in [5, 5.41) is 0. The summed E-state index contributed by atoms with van der Waals surface area (Å²) >= 11 is 0. The van der Waals surface area contributed by atoms with Gasteiger partial charge < -0.3 is 10.3 Å². The van der Waals surface area contributed by atoms with E-state index in [1.54, 1.807) is 12.1 Å². The molecule has 1 aliphatic carbocycles. The summed E-state index contributed by atoms with van der Waals surface area (Å²) in [6.45, 7) is 8.01. The number of halogens is 1. The van der Waals surface area contributed by atoms with E-state index in [4.69, 9.17) is 10.7 Å². The Bertz CT molecular complexity index is 1070. The fourth-order valence-corrected chi connectivity index (χ4v) is 5.23. The second-order valence-electron chi connectivity index (χ2n) is 9.89. The topological polar surface area (TPSA) is 47.1 Å². The first kappa shape index (κ1) is 24.5. The molecule has 4 rings (SSSR count). The van der Waals surface area contributed by atoms with Crippen LogP contribution in [0.25, 0.3) is 11.4 Å². The lowest BCUT2D eigenvalue weighted by Crippen LogP contribution is -2.31. The van der Waals surface area contributed by atoms with Crippen molar-refractivity contribution in [3.05, 3.63) is 71.3 Å². The molecule has 2 N–H and O–H groups in total. The SMILES string of the molecule is CCCCn1c(CN(Cc2cccc(N)c2C)CC2CCCCC2)cnc1-c1cccc(F)c1. The maximum atomic E-state index is 14.0. The van der Waals surface area contributed by atoms with E-state index in [0.29, 0.717) is 0 Å². The predicted octanol–water partition coefficient (Wildman–Crippen LogP) is 6.96. The van der Waals surface area contributed by atoms with Crippen LogP contribution < -0.4 is 5.73 Å². The quantitative estimate of drug-likeness (QED) is 0.331. The van der Waals surface area contributed by atoms with Crippen molar-refractivity contribution in [1.29, 1.82) is 0 Å². The highest BCUT2D eigenvalue weighted by Crippen LogP contribution is 2.28. The van der Waals surface area contributed by atoms with Crippen LogP contribution in [0.15, 0.2) is 48.7 Å². The highest BCUT2D eigenvalue weighted by atomic mass is 19.1. The van der Waals surface area contributed by atoms with Crippen molar-refractivity contribution in [2.75, 3.05) is 12.3 Å². The zero-order valence-corrected chi connectivity index (χ0v) is 20.8. The van der Waals surface area contributed by atoms with Crippen molar-refractivity contribution in [2.24, 2.45) is 5.92 Å². The largest absolute Gasteiger partial charge is 0.399 e. The molecule has 0 unspecified atom stereocenters. The second-order valence-corrected chi connectivity index (χ2v) is 9.89. The maximum Gasteiger partial charge on any atom is 0.140 e. The van der Waals surface area contributed by atoms with E-state index in [1.165, 1.54) is 55.0 Å². The van der Waals surface area contributed by atoms with Crippen LogP contribution in [0.3, 0.4) is 0 Å². The highest BCUT2D eigenvalue weighted by Gasteiger charge is 2.21. The van der Waals surface area contributed by atoms with E-state index in [0.717, 1.165) is 62.0 Å². The summed E-state index contributed by atoms with van der Waals surface area (Å²) in [5.41, 5.74) is 11.6. The summed E-state index contributed by atoms with van der Waals surface area (Å²) in [5.74, 6) is 1.38. The van der Waals surface area contributed by atoms with Gasteiger partial charge in [-0.3, -0.25) is 4.90 Å². The number of imidazole rings is 1. The van der Waals surface area contributed by atoms with Gasteiger partial charge in [-0.25, -0.2) is 9.37 Å². The van der Waals surface area contributed by atoms with Crippen LogP contribution in [0.2, 0.25) is 0 Å². The Labute approximate surface area is 204 Å². The molecule has 1 aliphatic rings. The number of hydrogen-bond donors (Lipinski definition) is 1. The molecule has 1 fully saturated rings. The molecule has 0 saturated heterocycles. The van der Waals surface area contributed by atoms with Crippen LogP contribution in [0.5, 0.6) is 0 Å². The van der Waals surface area contributed by atoms with Crippen LogP contribution in [-0.2, 0) is 19.6 Å². The van der Waals surface area contributed by atoms with Crippen molar-refractivity contribution in [3.63, 3.8) is 0 Å². The van der Waals surface area contributed by atoms with Crippen molar-refractivity contribution in [3.8, 4) is 11.4 Å². The first-order valence-electron chi connectivity index (χ1n) is 12.9. The zero-order valence-electron chi connectivity index (χ0n) is 20.8. The van der Waals surface area contributed by atoms with Crippen LogP contribution in [0, 0.1) is 18.7 Å². The van der Waals surface area contributed by atoms with E-state index in [2.05, 4.69) is 35.4 Å². The number of nitrogen functional groups attached to an aromatic ring is 1. The van der Waals surface area contributed by atoms with Crippen LogP contribution in [0.4, 0.5) is 10.1 Å². The third kappa shape index (κ3) is 6.06. The number of rotatable bonds is 10. The number of aromatic nitrogens is 2. The number of nitrogens with zero attached hydrogens (tertiary/aromatic N) is 3.